The van der Waals surface area contributed by atoms with Crippen LogP contribution in [0.2, 0.25) is 0 Å². The number of hydrogen-bond donors (Lipinski definition) is 0. The summed E-state index contributed by atoms with van der Waals surface area (Å²) in [6, 6.07) is 39.1. The average Bonchev–Trinajstić information content (AvgIpc) is 3.78. The molecule has 1 atom stereocenters. The summed E-state index contributed by atoms with van der Waals surface area (Å²) in [5, 5.41) is 0.937. The highest BCUT2D eigenvalue weighted by atomic mass is 32.2. The van der Waals surface area contributed by atoms with Crippen molar-refractivity contribution in [2.75, 3.05) is 6.54 Å². The molecule has 2 heterocycles. The molecule has 7 rings (SSSR count). The molecule has 0 spiro atoms. The number of Topliss-reactive ketones (excluding diaryl/α,β-unsaturated/α-hetero) is 1. The van der Waals surface area contributed by atoms with Gasteiger partial charge in [-0.05, 0) is 28.7 Å². The van der Waals surface area contributed by atoms with Gasteiger partial charge in [-0.3, -0.25) is 14.2 Å². The predicted octanol–water partition coefficient (Wildman–Crippen LogP) is 8.89. The van der Waals surface area contributed by atoms with Crippen molar-refractivity contribution in [3.63, 3.8) is 0 Å². The molecular formula is C43H40N2O2S2. The number of benzene rings is 4. The Balaban J connectivity index is 1.49. The number of nitrogens with zero attached hydrogens (tertiary/aromatic N) is 2. The van der Waals surface area contributed by atoms with Crippen LogP contribution in [0.5, 0.6) is 0 Å². The number of thioether (sulfide) groups is 1. The van der Waals surface area contributed by atoms with Gasteiger partial charge in [0.1, 0.15) is 14.2 Å². The molecule has 4 aromatic carbocycles. The van der Waals surface area contributed by atoms with Crippen LogP contribution in [0.3, 0.4) is 0 Å². The highest BCUT2D eigenvalue weighted by Crippen LogP contribution is 2.51. The van der Waals surface area contributed by atoms with Crippen molar-refractivity contribution in [1.29, 1.82) is 0 Å². The molecule has 1 unspecified atom stereocenters. The van der Waals surface area contributed by atoms with Crippen LogP contribution in [-0.2, 0) is 6.54 Å². The minimum Gasteiger partial charge on any atom is -0.333 e. The number of hydrogen-bond acceptors (Lipinski definition) is 5. The summed E-state index contributed by atoms with van der Waals surface area (Å²) in [5.74, 6) is -0.277. The van der Waals surface area contributed by atoms with Crippen LogP contribution in [0.25, 0.3) is 21.2 Å². The number of carbonyl (C=O) groups is 1. The van der Waals surface area contributed by atoms with Gasteiger partial charge in [-0.1, -0.05) is 166 Å². The lowest BCUT2D eigenvalue weighted by atomic mass is 9.90. The maximum atomic E-state index is 14.7. The van der Waals surface area contributed by atoms with Crippen molar-refractivity contribution in [2.45, 2.75) is 51.5 Å². The molecule has 0 N–H and O–H groups in total. The summed E-state index contributed by atoms with van der Waals surface area (Å²) in [5.41, 5.74) is 6.69. The fourth-order valence-electron chi connectivity index (χ4n) is 6.99. The Hall–Kier alpha value is -4.65. The fourth-order valence-corrected chi connectivity index (χ4v) is 9.66. The molecule has 6 heteroatoms. The zero-order valence-electron chi connectivity index (χ0n) is 27.8. The Kier molecular flexibility index (Phi) is 9.97. The molecule has 0 bridgehead atoms. The first-order valence-corrected chi connectivity index (χ1v) is 18.8. The molecular weight excluding hydrogens is 641 g/mol. The van der Waals surface area contributed by atoms with Crippen molar-refractivity contribution in [3.8, 4) is 0 Å². The lowest BCUT2D eigenvalue weighted by Gasteiger charge is -2.23. The molecule has 49 heavy (non-hydrogen) atoms. The van der Waals surface area contributed by atoms with E-state index >= 15 is 0 Å². The topological polar surface area (TPSA) is 42.3 Å². The summed E-state index contributed by atoms with van der Waals surface area (Å²) < 4.78 is 3.15. The summed E-state index contributed by atoms with van der Waals surface area (Å²) >= 11 is 3.14. The van der Waals surface area contributed by atoms with Crippen molar-refractivity contribution in [3.05, 3.63) is 175 Å². The van der Waals surface area contributed by atoms with Gasteiger partial charge in [0.05, 0.1) is 5.70 Å². The number of carbonyl (C=O) groups excluding carboxylic acids is 1. The third kappa shape index (κ3) is 6.31. The number of fused-ring (bicyclic) bond motifs is 1. The van der Waals surface area contributed by atoms with Crippen LogP contribution < -0.4 is 14.8 Å². The van der Waals surface area contributed by atoms with Crippen molar-refractivity contribution in [2.24, 2.45) is 0 Å². The second-order valence-corrected chi connectivity index (χ2v) is 14.5. The highest BCUT2D eigenvalue weighted by molar-refractivity contribution is 8.16. The van der Waals surface area contributed by atoms with E-state index in [0.29, 0.717) is 26.9 Å². The average molecular weight is 681 g/mol. The van der Waals surface area contributed by atoms with Crippen LogP contribution in [0.4, 0.5) is 0 Å². The largest absolute Gasteiger partial charge is 0.333 e. The normalized spacial score (nSPS) is 17.9. The zero-order chi connectivity index (χ0) is 33.7. The van der Waals surface area contributed by atoms with Crippen molar-refractivity contribution >= 4 is 50.1 Å². The first kappa shape index (κ1) is 32.9. The van der Waals surface area contributed by atoms with E-state index in [2.05, 4.69) is 79.1 Å². The molecule has 246 valence electrons. The van der Waals surface area contributed by atoms with Crippen molar-refractivity contribution < 1.29 is 4.79 Å². The molecule has 0 radical (unpaired) electrons. The Bertz CT molecular complexity index is 2200. The molecule has 1 aliphatic heterocycles. The number of thiazole rings is 1. The highest BCUT2D eigenvalue weighted by Gasteiger charge is 2.38. The molecule has 0 saturated heterocycles. The summed E-state index contributed by atoms with van der Waals surface area (Å²) in [6.07, 6.45) is 7.51. The molecule has 1 aromatic heterocycles. The van der Waals surface area contributed by atoms with E-state index in [0.717, 1.165) is 57.3 Å². The quantitative estimate of drug-likeness (QED) is 0.103. The van der Waals surface area contributed by atoms with E-state index in [9.17, 15) is 9.59 Å². The second kappa shape index (κ2) is 14.9. The monoisotopic (exact) mass is 680 g/mol. The van der Waals surface area contributed by atoms with Crippen LogP contribution in [0.15, 0.2) is 133 Å². The number of rotatable bonds is 11. The molecule has 0 saturated carbocycles. The van der Waals surface area contributed by atoms with Crippen LogP contribution in [-0.4, -0.2) is 21.8 Å². The van der Waals surface area contributed by atoms with Crippen LogP contribution in [0.1, 0.15) is 77.6 Å². The Labute approximate surface area is 296 Å². The van der Waals surface area contributed by atoms with E-state index in [1.54, 1.807) is 22.4 Å². The van der Waals surface area contributed by atoms with Gasteiger partial charge in [-0.2, -0.15) is 0 Å². The van der Waals surface area contributed by atoms with E-state index in [-0.39, 0.29) is 17.3 Å². The Morgan fingerprint density at radius 1 is 0.755 bits per heavy atom. The van der Waals surface area contributed by atoms with Gasteiger partial charge >= 0.3 is 0 Å². The minimum atomic E-state index is -0.263. The number of allylic oxidation sites excluding steroid dienone is 1. The van der Waals surface area contributed by atoms with Crippen molar-refractivity contribution in [1.82, 2.24) is 9.47 Å². The first-order chi connectivity index (χ1) is 24.1. The molecule has 2 aliphatic rings. The smallest absolute Gasteiger partial charge is 0.272 e. The fraction of sp³-hybridized carbons (Fsp3) is 0.209. The SMILES string of the molecule is C=CCn1c(=C2C(=O)c3ccccc3C2c2ccccc2)sc(=C2SC(c3ccccc3)=C(c3ccccc3)N2CCCCCCC)c1=O. The molecule has 1 aliphatic carbocycles. The summed E-state index contributed by atoms with van der Waals surface area (Å²) in [4.78, 5) is 32.6. The number of aromatic nitrogens is 1. The first-order valence-electron chi connectivity index (χ1n) is 17.2. The zero-order valence-corrected chi connectivity index (χ0v) is 29.4. The Morgan fingerprint density at radius 2 is 1.39 bits per heavy atom. The van der Waals surface area contributed by atoms with Crippen LogP contribution in [0, 0.1) is 0 Å². The molecule has 0 amide bonds. The molecule has 4 nitrogen and oxygen atoms in total. The van der Waals surface area contributed by atoms with E-state index in [4.69, 9.17) is 0 Å². The van der Waals surface area contributed by atoms with E-state index in [1.165, 1.54) is 30.6 Å². The van der Waals surface area contributed by atoms with Gasteiger partial charge in [0.15, 0.2) is 5.78 Å². The maximum absolute atomic E-state index is 14.7. The second-order valence-electron chi connectivity index (χ2n) is 12.5. The van der Waals surface area contributed by atoms with E-state index < -0.39 is 0 Å². The lowest BCUT2D eigenvalue weighted by Crippen LogP contribution is -2.35. The predicted molar refractivity (Wildman–Crippen MR) is 207 cm³/mol. The van der Waals surface area contributed by atoms with Gasteiger partial charge in [0.2, 0.25) is 0 Å². The third-order valence-corrected chi connectivity index (χ3v) is 11.9. The lowest BCUT2D eigenvalue weighted by molar-refractivity contribution is 0.105. The summed E-state index contributed by atoms with van der Waals surface area (Å²) in [7, 11) is 0. The third-order valence-electron chi connectivity index (χ3n) is 9.30. The van der Waals surface area contributed by atoms with Gasteiger partial charge in [-0.25, -0.2) is 0 Å². The van der Waals surface area contributed by atoms with Gasteiger partial charge in [0.25, 0.3) is 5.56 Å². The Morgan fingerprint density at radius 3 is 2.08 bits per heavy atom. The van der Waals surface area contributed by atoms with Crippen LogP contribution >= 0.6 is 23.1 Å². The summed E-state index contributed by atoms with van der Waals surface area (Å²) in [6.45, 7) is 7.37. The number of unbranched alkanes of at least 4 members (excludes halogenated alkanes) is 4. The van der Waals surface area contributed by atoms with Gasteiger partial charge in [0, 0.05) is 35.0 Å². The minimum absolute atomic E-state index is 0.0139. The molecule has 0 fully saturated rings. The van der Waals surface area contributed by atoms with E-state index in [1.807, 2.05) is 54.6 Å². The standard InChI is InChI=1S/C43H40N2O2S2/c1-3-5-6-7-19-29-44-37(31-22-13-9-14-23-31)39(32-24-15-10-16-25-32)48-43(44)40-41(47)45(28-4-2)42(49-40)36-35(30-20-11-8-12-21-30)33-26-17-18-27-34(33)38(36)46/h4,8-18,20-27,35H,2-3,5-7,19,28-29H2,1H3. The maximum Gasteiger partial charge on any atom is 0.272 e. The van der Waals surface area contributed by atoms with Gasteiger partial charge in [-0.15, -0.1) is 17.9 Å². The van der Waals surface area contributed by atoms with Gasteiger partial charge < -0.3 is 4.90 Å². The molecule has 5 aromatic rings. The number of ketones is 1.